The van der Waals surface area contributed by atoms with Crippen LogP contribution in [0.15, 0.2) is 91.0 Å². The monoisotopic (exact) mass is 454 g/mol. The van der Waals surface area contributed by atoms with Gasteiger partial charge in [0.15, 0.2) is 0 Å². The normalized spacial score (nSPS) is 11.6. The molecule has 0 atom stereocenters. The predicted octanol–water partition coefficient (Wildman–Crippen LogP) is 2.60. The summed E-state index contributed by atoms with van der Waals surface area (Å²) >= 11 is -3.05. The van der Waals surface area contributed by atoms with Gasteiger partial charge >= 0.3 is 129 Å². The van der Waals surface area contributed by atoms with Crippen molar-refractivity contribution in [3.63, 3.8) is 0 Å². The van der Waals surface area contributed by atoms with E-state index in [2.05, 4.69) is 40.7 Å². The molecule has 2 heteroatoms. The molecule has 3 rings (SSSR count). The van der Waals surface area contributed by atoms with Gasteiger partial charge in [-0.1, -0.05) is 0 Å². The average Bonchev–Trinajstić information content (AvgIpc) is 2.59. The minimum atomic E-state index is -3.05. The summed E-state index contributed by atoms with van der Waals surface area (Å²) in [5, 5.41) is 10.2. The first-order chi connectivity index (χ1) is 10.4. The van der Waals surface area contributed by atoms with E-state index in [9.17, 15) is 5.26 Å². The Morgan fingerprint density at radius 2 is 0.810 bits per heavy atom. The van der Waals surface area contributed by atoms with Crippen LogP contribution in [0.25, 0.3) is 0 Å². The molecule has 0 fully saturated rings. The van der Waals surface area contributed by atoms with Crippen molar-refractivity contribution >= 4 is 11.3 Å². The Hall–Kier alpha value is -2.11. The molecule has 0 aliphatic rings. The molecule has 1 nitrogen and oxygen atoms in total. The van der Waals surface area contributed by atoms with E-state index in [1.54, 1.807) is 0 Å². The minimum absolute atomic E-state index is 1.16. The van der Waals surface area contributed by atoms with Crippen molar-refractivity contribution < 1.29 is 17.1 Å². The fraction of sp³-hybridized carbons (Fsp3) is 0. The van der Waals surface area contributed by atoms with E-state index in [0.29, 0.717) is 0 Å². The fourth-order valence-corrected chi connectivity index (χ4v) is 9.58. The van der Waals surface area contributed by atoms with Crippen LogP contribution in [0, 0.1) is 9.55 Å². The Morgan fingerprint density at radius 3 is 1.05 bits per heavy atom. The third-order valence-corrected chi connectivity index (χ3v) is 11.5. The van der Waals surface area contributed by atoms with Gasteiger partial charge in [0, 0.05) is 0 Å². The Labute approximate surface area is 129 Å². The van der Waals surface area contributed by atoms with Crippen molar-refractivity contribution in [1.29, 1.82) is 5.26 Å². The van der Waals surface area contributed by atoms with E-state index >= 15 is 0 Å². The topological polar surface area (TPSA) is 23.8 Å². The van der Waals surface area contributed by atoms with Gasteiger partial charge in [-0.3, -0.25) is 0 Å². The van der Waals surface area contributed by atoms with Crippen molar-refractivity contribution in [2.75, 3.05) is 0 Å². The predicted molar refractivity (Wildman–Crippen MR) is 83.8 cm³/mol. The average molecular weight is 454 g/mol. The van der Waals surface area contributed by atoms with Crippen LogP contribution in [-0.4, -0.2) is 0 Å². The van der Waals surface area contributed by atoms with Crippen LogP contribution in [0.5, 0.6) is 0 Å². The summed E-state index contributed by atoms with van der Waals surface area (Å²) in [5.74, 6) is 0. The van der Waals surface area contributed by atoms with Gasteiger partial charge < -0.3 is 0 Å². The first-order valence-electron chi connectivity index (χ1n) is 6.56. The van der Waals surface area contributed by atoms with Gasteiger partial charge in [0.25, 0.3) is 0 Å². The fourth-order valence-electron chi connectivity index (χ4n) is 2.07. The Kier molecular flexibility index (Phi) is 4.03. The van der Waals surface area contributed by atoms with Crippen molar-refractivity contribution in [1.82, 2.24) is 0 Å². The summed E-state index contributed by atoms with van der Waals surface area (Å²) in [6, 6.07) is 30.7. The molecule has 0 aliphatic carbocycles. The summed E-state index contributed by atoms with van der Waals surface area (Å²) in [7, 11) is 0. The molecular weight excluding hydrogens is 439 g/mol. The number of hydrogen-bond donors (Lipinski definition) is 0. The zero-order chi connectivity index (χ0) is 14.5. The van der Waals surface area contributed by atoms with Crippen molar-refractivity contribution in [3.05, 3.63) is 91.0 Å². The number of nitrogens with zero attached hydrogens (tertiary/aromatic N) is 1. The Balaban J connectivity index is 2.32. The first kappa shape index (κ1) is 13.9. The molecule has 0 saturated heterocycles. The molecule has 0 unspecified atom stereocenters. The van der Waals surface area contributed by atoms with E-state index in [-0.39, 0.29) is 0 Å². The number of rotatable bonds is 3. The van der Waals surface area contributed by atoms with Gasteiger partial charge in [0.2, 0.25) is 0 Å². The first-order valence-corrected chi connectivity index (χ1v) is 10.9. The van der Waals surface area contributed by atoms with Gasteiger partial charge in [-0.2, -0.15) is 0 Å². The molecule has 0 amide bonds. The molecule has 0 bridgehead atoms. The van der Waals surface area contributed by atoms with E-state index < -0.39 is 17.1 Å². The molecule has 0 N–H and O–H groups in total. The summed E-state index contributed by atoms with van der Waals surface area (Å²) in [6.45, 7) is 0. The standard InChI is InChI=1S/3C6H5.CN.Au/c3*1-2-4-6-5-3-1;1-2;/h3*1-5H;;. The quantitative estimate of drug-likeness (QED) is 0.559. The Bertz CT molecular complexity index is 649. The van der Waals surface area contributed by atoms with Gasteiger partial charge in [-0.25, -0.2) is 0 Å². The van der Waals surface area contributed by atoms with Crippen LogP contribution in [-0.2, 0) is 17.1 Å². The van der Waals surface area contributed by atoms with Crippen LogP contribution in [0.1, 0.15) is 0 Å². The molecule has 3 aromatic rings. The summed E-state index contributed by atoms with van der Waals surface area (Å²) < 4.78 is 6.23. The zero-order valence-electron chi connectivity index (χ0n) is 11.4. The van der Waals surface area contributed by atoms with Gasteiger partial charge in [-0.15, -0.1) is 0 Å². The molecule has 0 saturated carbocycles. The van der Waals surface area contributed by atoms with Crippen LogP contribution in [0.3, 0.4) is 0 Å². The molecule has 3 aromatic carbocycles. The van der Waals surface area contributed by atoms with Crippen molar-refractivity contribution in [2.45, 2.75) is 0 Å². The summed E-state index contributed by atoms with van der Waals surface area (Å²) in [6.07, 6.45) is 0. The number of nitriles is 1. The van der Waals surface area contributed by atoms with Gasteiger partial charge in [0.1, 0.15) is 0 Å². The second-order valence-corrected chi connectivity index (χ2v) is 11.8. The molecule has 0 heterocycles. The van der Waals surface area contributed by atoms with E-state index in [0.717, 1.165) is 11.3 Å². The second-order valence-electron chi connectivity index (χ2n) is 4.27. The molecule has 21 heavy (non-hydrogen) atoms. The van der Waals surface area contributed by atoms with E-state index in [4.69, 9.17) is 0 Å². The molecule has 0 aliphatic heterocycles. The van der Waals surface area contributed by atoms with E-state index in [1.165, 1.54) is 0 Å². The third kappa shape index (κ3) is 2.46. The maximum absolute atomic E-state index is 10.2. The van der Waals surface area contributed by atoms with Crippen molar-refractivity contribution in [3.8, 4) is 4.29 Å². The Morgan fingerprint density at radius 1 is 0.524 bits per heavy atom. The molecule has 0 radical (unpaired) electrons. The van der Waals surface area contributed by atoms with Crippen molar-refractivity contribution in [2.24, 2.45) is 0 Å². The zero-order valence-corrected chi connectivity index (χ0v) is 13.6. The van der Waals surface area contributed by atoms with Crippen LogP contribution in [0.2, 0.25) is 0 Å². The number of benzene rings is 3. The maximum atomic E-state index is 10.2. The second kappa shape index (κ2) is 6.11. The molecule has 0 aromatic heterocycles. The summed E-state index contributed by atoms with van der Waals surface area (Å²) in [4.78, 5) is 0. The third-order valence-electron chi connectivity index (χ3n) is 3.01. The van der Waals surface area contributed by atoms with Crippen LogP contribution in [0.4, 0.5) is 0 Å². The molecule has 107 valence electrons. The van der Waals surface area contributed by atoms with Crippen LogP contribution < -0.4 is 11.3 Å². The van der Waals surface area contributed by atoms with Crippen LogP contribution >= 0.6 is 0 Å². The number of hydrogen-bond acceptors (Lipinski definition) is 1. The van der Waals surface area contributed by atoms with E-state index in [1.807, 2.05) is 54.6 Å². The van der Waals surface area contributed by atoms with Gasteiger partial charge in [0.05, 0.1) is 0 Å². The molecular formula is C19H15AuN. The van der Waals surface area contributed by atoms with Gasteiger partial charge in [-0.05, 0) is 0 Å². The molecule has 0 spiro atoms. The SMILES string of the molecule is N#[C][Au]([c]1ccccc1)([c]1ccccc1)[c]1ccccc1. The summed E-state index contributed by atoms with van der Waals surface area (Å²) in [5.41, 5.74) is 0.